The lowest BCUT2D eigenvalue weighted by molar-refractivity contribution is 0.142. The van der Waals surface area contributed by atoms with Crippen molar-refractivity contribution >= 4 is 24.2 Å². The van der Waals surface area contributed by atoms with Crippen molar-refractivity contribution in [2.24, 2.45) is 0 Å². The molecule has 0 bridgehead atoms. The Labute approximate surface area is 111 Å². The predicted molar refractivity (Wildman–Crippen MR) is 77.9 cm³/mol. The van der Waals surface area contributed by atoms with E-state index >= 15 is 0 Å². The molecule has 1 aliphatic rings. The van der Waals surface area contributed by atoms with Crippen LogP contribution in [0.4, 0.5) is 0 Å². The average Bonchev–Trinajstić information content (AvgIpc) is 2.25. The molecule has 0 aromatic carbocycles. The third kappa shape index (κ3) is 3.57. The zero-order valence-corrected chi connectivity index (χ0v) is 13.8. The van der Waals surface area contributed by atoms with Gasteiger partial charge in [0.2, 0.25) is 0 Å². The van der Waals surface area contributed by atoms with E-state index in [1.807, 2.05) is 0 Å². The molecule has 1 nitrogen and oxygen atoms in total. The normalized spacial score (nSPS) is 27.4. The van der Waals surface area contributed by atoms with Gasteiger partial charge in [-0.1, -0.05) is 43.6 Å². The summed E-state index contributed by atoms with van der Waals surface area (Å²) in [6, 6.07) is 2.54. The van der Waals surface area contributed by atoms with Crippen molar-refractivity contribution < 1.29 is 4.43 Å². The molecule has 3 heteroatoms. The molecule has 0 aliphatic heterocycles. The molecule has 0 aromatic heterocycles. The Kier molecular flexibility index (Phi) is 6.03. The van der Waals surface area contributed by atoms with Crippen LogP contribution < -0.4 is 0 Å². The first kappa shape index (κ1) is 14.7. The molecule has 0 N–H and O–H groups in total. The maximum atomic E-state index is 6.62. The van der Waals surface area contributed by atoms with E-state index in [1.165, 1.54) is 37.8 Å². The summed E-state index contributed by atoms with van der Waals surface area (Å²) in [6.45, 7) is 9.36. The highest BCUT2D eigenvalue weighted by Crippen LogP contribution is 2.35. The Morgan fingerprint density at radius 2 is 1.88 bits per heavy atom. The van der Waals surface area contributed by atoms with E-state index in [0.717, 1.165) is 5.54 Å². The highest BCUT2D eigenvalue weighted by atomic mass is 79.9. The van der Waals surface area contributed by atoms with E-state index in [0.29, 0.717) is 10.9 Å². The van der Waals surface area contributed by atoms with E-state index in [2.05, 4.69) is 43.6 Å². The first-order valence-corrected chi connectivity index (χ1v) is 10.2. The Morgan fingerprint density at radius 3 is 2.31 bits per heavy atom. The van der Waals surface area contributed by atoms with Gasteiger partial charge >= 0.3 is 0 Å². The van der Waals surface area contributed by atoms with E-state index in [-0.39, 0.29) is 0 Å². The van der Waals surface area contributed by atoms with Gasteiger partial charge in [-0.15, -0.1) is 0 Å². The van der Waals surface area contributed by atoms with E-state index < -0.39 is 8.32 Å². The van der Waals surface area contributed by atoms with Crippen LogP contribution in [-0.2, 0) is 4.43 Å². The van der Waals surface area contributed by atoms with Crippen LogP contribution in [0.1, 0.15) is 53.4 Å². The lowest BCUT2D eigenvalue weighted by atomic mass is 9.98. The van der Waals surface area contributed by atoms with Gasteiger partial charge in [0.1, 0.15) is 0 Å². The maximum absolute atomic E-state index is 6.62. The molecular formula is C13H27BrOSi. The second kappa shape index (κ2) is 6.55. The van der Waals surface area contributed by atoms with Crippen LogP contribution in [0, 0.1) is 0 Å². The van der Waals surface area contributed by atoms with Crippen molar-refractivity contribution in [2.45, 2.75) is 81.9 Å². The molecule has 1 fully saturated rings. The molecule has 16 heavy (non-hydrogen) atoms. The van der Waals surface area contributed by atoms with Gasteiger partial charge in [0.05, 0.1) is 0 Å². The minimum Gasteiger partial charge on any atom is -0.414 e. The second-order valence-corrected chi connectivity index (χ2v) is 11.7. The molecule has 0 amide bonds. The summed E-state index contributed by atoms with van der Waals surface area (Å²) in [6.07, 6.45) is 5.70. The summed E-state index contributed by atoms with van der Waals surface area (Å²) < 4.78 is 6.62. The fourth-order valence-corrected chi connectivity index (χ4v) is 7.25. The van der Waals surface area contributed by atoms with Crippen LogP contribution in [0.5, 0.6) is 0 Å². The monoisotopic (exact) mass is 306 g/mol. The Hall–Kier alpha value is 0.657. The van der Waals surface area contributed by atoms with Gasteiger partial charge in [-0.25, -0.2) is 0 Å². The zero-order valence-electron chi connectivity index (χ0n) is 11.3. The molecule has 96 valence electrons. The summed E-state index contributed by atoms with van der Waals surface area (Å²) in [5.41, 5.74) is 0.748. The van der Waals surface area contributed by atoms with Crippen LogP contribution in [0.15, 0.2) is 0 Å². The van der Waals surface area contributed by atoms with Crippen molar-refractivity contribution in [3.8, 4) is 0 Å². The van der Waals surface area contributed by atoms with E-state index in [1.54, 1.807) is 0 Å². The highest BCUT2D eigenvalue weighted by molar-refractivity contribution is 9.09. The second-order valence-electron chi connectivity index (χ2n) is 5.43. The SMILES string of the molecule is CC[Si](CC)(OC1CCCC(Br)C1)C(C)C. The number of hydrogen-bond acceptors (Lipinski definition) is 1. The summed E-state index contributed by atoms with van der Waals surface area (Å²) in [5.74, 6) is 0. The summed E-state index contributed by atoms with van der Waals surface area (Å²) in [7, 11) is -1.46. The fraction of sp³-hybridized carbons (Fsp3) is 1.00. The first-order valence-electron chi connectivity index (χ1n) is 6.86. The Morgan fingerprint density at radius 1 is 1.25 bits per heavy atom. The number of rotatable bonds is 5. The average molecular weight is 307 g/mol. The largest absolute Gasteiger partial charge is 0.414 e. The van der Waals surface area contributed by atoms with Crippen molar-refractivity contribution in [3.63, 3.8) is 0 Å². The summed E-state index contributed by atoms with van der Waals surface area (Å²) >= 11 is 3.75. The van der Waals surface area contributed by atoms with Crippen molar-refractivity contribution in [3.05, 3.63) is 0 Å². The molecule has 0 aromatic rings. The molecular weight excluding hydrogens is 280 g/mol. The number of alkyl halides is 1. The van der Waals surface area contributed by atoms with Crippen molar-refractivity contribution in [2.75, 3.05) is 0 Å². The van der Waals surface area contributed by atoms with Crippen LogP contribution >= 0.6 is 15.9 Å². The molecule has 1 aliphatic carbocycles. The van der Waals surface area contributed by atoms with Gasteiger partial charge in [0, 0.05) is 10.9 Å². The van der Waals surface area contributed by atoms with Gasteiger partial charge in [0.25, 0.3) is 0 Å². The van der Waals surface area contributed by atoms with E-state index in [9.17, 15) is 0 Å². The quantitative estimate of drug-likeness (QED) is 0.507. The first-order chi connectivity index (χ1) is 7.54. The molecule has 2 atom stereocenters. The molecule has 2 unspecified atom stereocenters. The Balaban J connectivity index is 2.60. The van der Waals surface area contributed by atoms with Crippen molar-refractivity contribution in [1.82, 2.24) is 0 Å². The molecule has 0 saturated heterocycles. The third-order valence-corrected chi connectivity index (χ3v) is 10.3. The standard InChI is InChI=1S/C13H27BrOSi/c1-5-16(6-2,11(3)4)15-13-9-7-8-12(14)10-13/h11-13H,5-10H2,1-4H3. The summed E-state index contributed by atoms with van der Waals surface area (Å²) in [5, 5.41) is 0. The predicted octanol–water partition coefficient (Wildman–Crippen LogP) is 5.10. The van der Waals surface area contributed by atoms with Crippen molar-refractivity contribution in [1.29, 1.82) is 0 Å². The van der Waals surface area contributed by atoms with Gasteiger partial charge in [-0.2, -0.15) is 0 Å². The minimum absolute atomic E-state index is 0.534. The molecule has 1 rings (SSSR count). The lowest BCUT2D eigenvalue weighted by Gasteiger charge is -2.39. The number of halogens is 1. The van der Waals surface area contributed by atoms with Gasteiger partial charge < -0.3 is 4.43 Å². The van der Waals surface area contributed by atoms with Crippen LogP contribution in [0.3, 0.4) is 0 Å². The number of hydrogen-bond donors (Lipinski definition) is 0. The Bertz CT molecular complexity index is 204. The highest BCUT2D eigenvalue weighted by Gasteiger charge is 2.38. The van der Waals surface area contributed by atoms with Gasteiger partial charge in [-0.3, -0.25) is 0 Å². The van der Waals surface area contributed by atoms with E-state index in [4.69, 9.17) is 4.43 Å². The molecule has 1 saturated carbocycles. The third-order valence-electron chi connectivity index (χ3n) is 4.21. The lowest BCUT2D eigenvalue weighted by Crippen LogP contribution is -2.44. The molecule has 0 radical (unpaired) electrons. The van der Waals surface area contributed by atoms with Crippen LogP contribution in [-0.4, -0.2) is 19.2 Å². The fourth-order valence-electron chi connectivity index (χ4n) is 2.90. The van der Waals surface area contributed by atoms with Gasteiger partial charge in [-0.05, 0) is 43.3 Å². The topological polar surface area (TPSA) is 9.23 Å². The van der Waals surface area contributed by atoms with Gasteiger partial charge in [0.15, 0.2) is 8.32 Å². The smallest absolute Gasteiger partial charge is 0.195 e. The summed E-state index contributed by atoms with van der Waals surface area (Å²) in [4.78, 5) is 0.693. The molecule has 0 spiro atoms. The van der Waals surface area contributed by atoms with Crippen LogP contribution in [0.2, 0.25) is 17.6 Å². The zero-order chi connectivity index (χ0) is 12.2. The molecule has 0 heterocycles. The maximum Gasteiger partial charge on any atom is 0.195 e. The minimum atomic E-state index is -1.46. The van der Waals surface area contributed by atoms with Crippen LogP contribution in [0.25, 0.3) is 0 Å².